The molecule has 1 atom stereocenters. The maximum Gasteiger partial charge on any atom is 0.0620 e. The van der Waals surface area contributed by atoms with Gasteiger partial charge in [0.25, 0.3) is 0 Å². The summed E-state index contributed by atoms with van der Waals surface area (Å²) in [5.41, 5.74) is 0.655. The maximum absolute atomic E-state index is 5.35. The van der Waals surface area contributed by atoms with Crippen LogP contribution in [0.4, 0.5) is 0 Å². The zero-order valence-electron chi connectivity index (χ0n) is 8.64. The van der Waals surface area contributed by atoms with E-state index in [2.05, 4.69) is 12.2 Å². The number of nitrogens with one attached hydrogen (secondary N) is 1. The molecule has 0 radical (unpaired) electrons. The van der Waals surface area contributed by atoms with Gasteiger partial charge in [0.05, 0.1) is 6.61 Å². The van der Waals surface area contributed by atoms with Crippen LogP contribution in [0.15, 0.2) is 0 Å². The fraction of sp³-hybridized carbons (Fsp3) is 1.00. The first-order chi connectivity index (χ1) is 6.35. The molecule has 76 valence electrons. The first-order valence-electron chi connectivity index (χ1n) is 5.66. The Bertz CT molecular complexity index is 154. The van der Waals surface area contributed by atoms with Gasteiger partial charge < -0.3 is 10.1 Å². The molecule has 0 aromatic carbocycles. The summed E-state index contributed by atoms with van der Waals surface area (Å²) in [5.74, 6) is 0. The van der Waals surface area contributed by atoms with Crippen LogP contribution in [0.25, 0.3) is 0 Å². The SMILES string of the molecule is CCC1(CNC2CCOC2)CCC1. The summed E-state index contributed by atoms with van der Waals surface area (Å²) >= 11 is 0. The van der Waals surface area contributed by atoms with Crippen molar-refractivity contribution in [3.05, 3.63) is 0 Å². The number of hydrogen-bond acceptors (Lipinski definition) is 2. The molecule has 2 heteroatoms. The quantitative estimate of drug-likeness (QED) is 0.719. The Morgan fingerprint density at radius 1 is 1.46 bits per heavy atom. The van der Waals surface area contributed by atoms with Crippen LogP contribution in [0.1, 0.15) is 39.0 Å². The lowest BCUT2D eigenvalue weighted by Gasteiger charge is -2.42. The number of hydrogen-bond donors (Lipinski definition) is 1. The van der Waals surface area contributed by atoms with Gasteiger partial charge >= 0.3 is 0 Å². The summed E-state index contributed by atoms with van der Waals surface area (Å²) in [6.07, 6.45) is 6.86. The second kappa shape index (κ2) is 3.97. The molecule has 1 unspecified atom stereocenters. The van der Waals surface area contributed by atoms with Crippen LogP contribution in [0.2, 0.25) is 0 Å². The second-order valence-corrected chi connectivity index (χ2v) is 4.65. The van der Waals surface area contributed by atoms with Crippen LogP contribution >= 0.6 is 0 Å². The Hall–Kier alpha value is -0.0800. The fourth-order valence-corrected chi connectivity index (χ4v) is 2.39. The summed E-state index contributed by atoms with van der Waals surface area (Å²) in [7, 11) is 0. The average Bonchev–Trinajstić information content (AvgIpc) is 2.56. The van der Waals surface area contributed by atoms with Gasteiger partial charge in [-0.25, -0.2) is 0 Å². The minimum atomic E-state index is 0.643. The van der Waals surface area contributed by atoms with Crippen molar-refractivity contribution < 1.29 is 4.74 Å². The van der Waals surface area contributed by atoms with E-state index in [1.54, 1.807) is 0 Å². The molecule has 2 aliphatic rings. The summed E-state index contributed by atoms with van der Waals surface area (Å²) in [5, 5.41) is 3.65. The molecule has 13 heavy (non-hydrogen) atoms. The molecule has 1 aliphatic heterocycles. The van der Waals surface area contributed by atoms with Gasteiger partial charge in [-0.05, 0) is 31.1 Å². The molecule has 2 fully saturated rings. The Kier molecular flexibility index (Phi) is 2.89. The van der Waals surface area contributed by atoms with Crippen LogP contribution < -0.4 is 5.32 Å². The molecule has 1 aliphatic carbocycles. The molecule has 1 heterocycles. The third kappa shape index (κ3) is 2.05. The van der Waals surface area contributed by atoms with Crippen molar-refractivity contribution >= 4 is 0 Å². The van der Waals surface area contributed by atoms with E-state index in [1.807, 2.05) is 0 Å². The van der Waals surface area contributed by atoms with Crippen molar-refractivity contribution in [2.45, 2.75) is 45.1 Å². The van der Waals surface area contributed by atoms with Crippen LogP contribution in [0.5, 0.6) is 0 Å². The van der Waals surface area contributed by atoms with E-state index in [9.17, 15) is 0 Å². The van der Waals surface area contributed by atoms with Gasteiger partial charge in [-0.1, -0.05) is 13.3 Å². The minimum Gasteiger partial charge on any atom is -0.380 e. The Morgan fingerprint density at radius 2 is 2.31 bits per heavy atom. The Morgan fingerprint density at radius 3 is 2.77 bits per heavy atom. The second-order valence-electron chi connectivity index (χ2n) is 4.65. The third-order valence-electron chi connectivity index (χ3n) is 3.86. The molecular formula is C11H21NO. The molecule has 0 bridgehead atoms. The van der Waals surface area contributed by atoms with Gasteiger partial charge in [0.1, 0.15) is 0 Å². The number of ether oxygens (including phenoxy) is 1. The summed E-state index contributed by atoms with van der Waals surface area (Å²) in [6, 6.07) is 0.643. The number of rotatable bonds is 4. The van der Waals surface area contributed by atoms with E-state index < -0.39 is 0 Å². The largest absolute Gasteiger partial charge is 0.380 e. The van der Waals surface area contributed by atoms with Gasteiger partial charge in [0.2, 0.25) is 0 Å². The Balaban J connectivity index is 1.71. The molecule has 0 aromatic heterocycles. The highest BCUT2D eigenvalue weighted by molar-refractivity contribution is 4.89. The molecule has 0 spiro atoms. The fourth-order valence-electron chi connectivity index (χ4n) is 2.39. The Labute approximate surface area is 81.0 Å². The van der Waals surface area contributed by atoms with Crippen LogP contribution in [0.3, 0.4) is 0 Å². The first kappa shape index (κ1) is 9.47. The molecule has 2 nitrogen and oxygen atoms in total. The first-order valence-corrected chi connectivity index (χ1v) is 5.66. The van der Waals surface area contributed by atoms with Gasteiger partial charge in [-0.2, -0.15) is 0 Å². The van der Waals surface area contributed by atoms with Crippen molar-refractivity contribution in [2.24, 2.45) is 5.41 Å². The van der Waals surface area contributed by atoms with Crippen molar-refractivity contribution in [1.29, 1.82) is 0 Å². The zero-order valence-corrected chi connectivity index (χ0v) is 8.64. The van der Waals surface area contributed by atoms with Crippen LogP contribution in [-0.2, 0) is 4.74 Å². The molecule has 0 aromatic rings. The lowest BCUT2D eigenvalue weighted by molar-refractivity contribution is 0.116. The van der Waals surface area contributed by atoms with Crippen molar-refractivity contribution in [2.75, 3.05) is 19.8 Å². The molecule has 1 saturated heterocycles. The van der Waals surface area contributed by atoms with E-state index >= 15 is 0 Å². The van der Waals surface area contributed by atoms with Gasteiger partial charge in [0.15, 0.2) is 0 Å². The van der Waals surface area contributed by atoms with E-state index in [1.165, 1.54) is 38.6 Å². The smallest absolute Gasteiger partial charge is 0.0620 e. The maximum atomic E-state index is 5.35. The van der Waals surface area contributed by atoms with Gasteiger partial charge in [-0.3, -0.25) is 0 Å². The summed E-state index contributed by atoms with van der Waals surface area (Å²) < 4.78 is 5.35. The van der Waals surface area contributed by atoms with Crippen LogP contribution in [-0.4, -0.2) is 25.8 Å². The monoisotopic (exact) mass is 183 g/mol. The zero-order chi connectivity index (χ0) is 9.15. The average molecular weight is 183 g/mol. The van der Waals surface area contributed by atoms with E-state index in [0.29, 0.717) is 11.5 Å². The molecular weight excluding hydrogens is 162 g/mol. The van der Waals surface area contributed by atoms with Crippen molar-refractivity contribution in [3.8, 4) is 0 Å². The van der Waals surface area contributed by atoms with E-state index in [-0.39, 0.29) is 0 Å². The van der Waals surface area contributed by atoms with Crippen LogP contribution in [0, 0.1) is 5.41 Å². The predicted octanol–water partition coefficient (Wildman–Crippen LogP) is 1.95. The summed E-state index contributed by atoms with van der Waals surface area (Å²) in [4.78, 5) is 0. The van der Waals surface area contributed by atoms with E-state index in [4.69, 9.17) is 4.74 Å². The van der Waals surface area contributed by atoms with Gasteiger partial charge in [0, 0.05) is 19.2 Å². The molecule has 0 amide bonds. The summed E-state index contributed by atoms with van der Waals surface area (Å²) in [6.45, 7) is 5.43. The highest BCUT2D eigenvalue weighted by atomic mass is 16.5. The minimum absolute atomic E-state index is 0.643. The standard InChI is InChI=1S/C11H21NO/c1-2-11(5-3-6-11)9-12-10-4-7-13-8-10/h10,12H,2-9H2,1H3. The highest BCUT2D eigenvalue weighted by Gasteiger charge is 2.35. The topological polar surface area (TPSA) is 21.3 Å². The highest BCUT2D eigenvalue weighted by Crippen LogP contribution is 2.43. The van der Waals surface area contributed by atoms with E-state index in [0.717, 1.165) is 13.2 Å². The predicted molar refractivity (Wildman–Crippen MR) is 53.8 cm³/mol. The van der Waals surface area contributed by atoms with Gasteiger partial charge in [-0.15, -0.1) is 0 Å². The molecule has 1 N–H and O–H groups in total. The van der Waals surface area contributed by atoms with Crippen molar-refractivity contribution in [3.63, 3.8) is 0 Å². The lowest BCUT2D eigenvalue weighted by atomic mass is 9.67. The normalized spacial score (nSPS) is 31.6. The third-order valence-corrected chi connectivity index (χ3v) is 3.86. The molecule has 1 saturated carbocycles. The van der Waals surface area contributed by atoms with Crippen molar-refractivity contribution in [1.82, 2.24) is 5.32 Å². The lowest BCUT2D eigenvalue weighted by Crippen LogP contribution is -2.43. The molecule has 2 rings (SSSR count).